The standard InChI is InChI=1S/C12H12BrN3O3/c1-12(17)4-9(5-12)15-11-7(6-14)2-8(13)3-10(11)16(18)19/h2-3,9,15,17H,4-5H2,1H3. The van der Waals surface area contributed by atoms with E-state index in [4.69, 9.17) is 5.26 Å². The number of benzene rings is 1. The van der Waals surface area contributed by atoms with Crippen molar-refractivity contribution in [3.05, 3.63) is 32.3 Å². The number of nitrogens with zero attached hydrogens (tertiary/aromatic N) is 2. The molecule has 19 heavy (non-hydrogen) atoms. The fraction of sp³-hybridized carbons (Fsp3) is 0.417. The minimum atomic E-state index is -0.728. The lowest BCUT2D eigenvalue weighted by atomic mass is 9.77. The highest BCUT2D eigenvalue weighted by atomic mass is 79.9. The minimum absolute atomic E-state index is 0.0537. The Morgan fingerprint density at radius 2 is 2.26 bits per heavy atom. The van der Waals surface area contributed by atoms with Gasteiger partial charge in [-0.25, -0.2) is 0 Å². The second-order valence-electron chi connectivity index (χ2n) is 4.96. The van der Waals surface area contributed by atoms with Crippen LogP contribution in [0.1, 0.15) is 25.3 Å². The van der Waals surface area contributed by atoms with Crippen molar-refractivity contribution in [3.8, 4) is 6.07 Å². The summed E-state index contributed by atoms with van der Waals surface area (Å²) in [6, 6.07) is 4.79. The van der Waals surface area contributed by atoms with Crippen LogP contribution in [0.5, 0.6) is 0 Å². The van der Waals surface area contributed by atoms with E-state index in [0.717, 1.165) is 0 Å². The molecule has 0 aliphatic heterocycles. The smallest absolute Gasteiger partial charge is 0.294 e. The molecule has 1 aliphatic carbocycles. The number of aliphatic hydroxyl groups is 1. The van der Waals surface area contributed by atoms with Gasteiger partial charge in [0.1, 0.15) is 11.8 Å². The molecule has 2 N–H and O–H groups in total. The Kier molecular flexibility index (Phi) is 3.47. The highest BCUT2D eigenvalue weighted by Gasteiger charge is 2.39. The van der Waals surface area contributed by atoms with Crippen molar-refractivity contribution in [3.63, 3.8) is 0 Å². The summed E-state index contributed by atoms with van der Waals surface area (Å²) in [6.45, 7) is 1.71. The molecular formula is C12H12BrN3O3. The van der Waals surface area contributed by atoms with Crippen molar-refractivity contribution in [2.45, 2.75) is 31.4 Å². The van der Waals surface area contributed by atoms with Gasteiger partial charge in [-0.2, -0.15) is 5.26 Å². The number of nitro groups is 1. The van der Waals surface area contributed by atoms with E-state index in [1.54, 1.807) is 6.92 Å². The molecule has 0 spiro atoms. The number of anilines is 1. The largest absolute Gasteiger partial charge is 0.390 e. The van der Waals surface area contributed by atoms with E-state index < -0.39 is 10.5 Å². The molecule has 0 heterocycles. The monoisotopic (exact) mass is 325 g/mol. The zero-order valence-corrected chi connectivity index (χ0v) is 11.8. The fourth-order valence-corrected chi connectivity index (χ4v) is 2.73. The van der Waals surface area contributed by atoms with E-state index in [1.807, 2.05) is 6.07 Å². The van der Waals surface area contributed by atoms with E-state index in [1.165, 1.54) is 12.1 Å². The summed E-state index contributed by atoms with van der Waals surface area (Å²) in [6.07, 6.45) is 1.01. The molecule has 1 saturated carbocycles. The second-order valence-corrected chi connectivity index (χ2v) is 5.88. The van der Waals surface area contributed by atoms with Crippen LogP contribution in [0.2, 0.25) is 0 Å². The maximum Gasteiger partial charge on any atom is 0.294 e. The van der Waals surface area contributed by atoms with Crippen LogP contribution in [0.4, 0.5) is 11.4 Å². The van der Waals surface area contributed by atoms with Crippen LogP contribution < -0.4 is 5.32 Å². The van der Waals surface area contributed by atoms with Gasteiger partial charge in [-0.15, -0.1) is 0 Å². The molecule has 6 nitrogen and oxygen atoms in total. The van der Waals surface area contributed by atoms with Gasteiger partial charge in [0.15, 0.2) is 0 Å². The number of nitrogens with one attached hydrogen (secondary N) is 1. The van der Waals surface area contributed by atoms with Gasteiger partial charge in [-0.3, -0.25) is 10.1 Å². The number of halogens is 1. The molecular weight excluding hydrogens is 314 g/mol. The molecule has 0 aromatic heterocycles. The summed E-state index contributed by atoms with van der Waals surface area (Å²) >= 11 is 3.15. The van der Waals surface area contributed by atoms with Gasteiger partial charge in [0.25, 0.3) is 5.69 Å². The Hall–Kier alpha value is -1.65. The molecule has 100 valence electrons. The Bertz CT molecular complexity index is 572. The number of hydrogen-bond donors (Lipinski definition) is 2. The van der Waals surface area contributed by atoms with Crippen LogP contribution in [0, 0.1) is 21.4 Å². The SMILES string of the molecule is CC1(O)CC(Nc2c(C#N)cc(Br)cc2[N+](=O)[O-])C1. The summed E-state index contributed by atoms with van der Waals surface area (Å²) in [5.41, 5.74) is -0.435. The first-order valence-electron chi connectivity index (χ1n) is 5.69. The number of nitro benzene ring substituents is 1. The maximum absolute atomic E-state index is 11.0. The lowest BCUT2D eigenvalue weighted by Crippen LogP contribution is -2.48. The Labute approximate surface area is 118 Å². The molecule has 1 fully saturated rings. The van der Waals surface area contributed by atoms with Crippen molar-refractivity contribution < 1.29 is 10.0 Å². The van der Waals surface area contributed by atoms with Crippen molar-refractivity contribution in [1.29, 1.82) is 5.26 Å². The molecule has 1 aromatic carbocycles. The summed E-state index contributed by atoms with van der Waals surface area (Å²) < 4.78 is 0.488. The van der Waals surface area contributed by atoms with Crippen LogP contribution in [0.15, 0.2) is 16.6 Å². The number of nitriles is 1. The molecule has 0 bridgehead atoms. The molecule has 0 saturated heterocycles. The van der Waals surface area contributed by atoms with Gasteiger partial charge in [0.05, 0.1) is 16.1 Å². The normalized spacial score (nSPS) is 25.3. The Morgan fingerprint density at radius 3 is 2.74 bits per heavy atom. The van der Waals surface area contributed by atoms with Gasteiger partial charge in [-0.1, -0.05) is 15.9 Å². The molecule has 0 atom stereocenters. The van der Waals surface area contributed by atoms with Crippen LogP contribution in [-0.4, -0.2) is 21.7 Å². The van der Waals surface area contributed by atoms with E-state index in [-0.39, 0.29) is 23.0 Å². The minimum Gasteiger partial charge on any atom is -0.390 e. The third-order valence-corrected chi connectivity index (χ3v) is 3.58. The van der Waals surface area contributed by atoms with Gasteiger partial charge in [0, 0.05) is 16.6 Å². The fourth-order valence-electron chi connectivity index (χ4n) is 2.28. The van der Waals surface area contributed by atoms with Crippen molar-refractivity contribution >= 4 is 27.3 Å². The average molecular weight is 326 g/mol. The van der Waals surface area contributed by atoms with Gasteiger partial charge in [0.2, 0.25) is 0 Å². The molecule has 2 rings (SSSR count). The lowest BCUT2D eigenvalue weighted by molar-refractivity contribution is -0.384. The highest BCUT2D eigenvalue weighted by molar-refractivity contribution is 9.10. The number of hydrogen-bond acceptors (Lipinski definition) is 5. The molecule has 0 amide bonds. The first-order valence-corrected chi connectivity index (χ1v) is 6.48. The van der Waals surface area contributed by atoms with Crippen molar-refractivity contribution in [2.24, 2.45) is 0 Å². The Morgan fingerprint density at radius 1 is 1.63 bits per heavy atom. The van der Waals surface area contributed by atoms with Gasteiger partial charge < -0.3 is 10.4 Å². The zero-order chi connectivity index (χ0) is 14.2. The lowest BCUT2D eigenvalue weighted by Gasteiger charge is -2.41. The summed E-state index contributed by atoms with van der Waals surface area (Å²) in [7, 11) is 0. The van der Waals surface area contributed by atoms with Crippen molar-refractivity contribution in [1.82, 2.24) is 0 Å². The third kappa shape index (κ3) is 2.85. The van der Waals surface area contributed by atoms with E-state index in [2.05, 4.69) is 21.2 Å². The molecule has 1 aliphatic rings. The van der Waals surface area contributed by atoms with E-state index >= 15 is 0 Å². The first-order chi connectivity index (χ1) is 8.82. The van der Waals surface area contributed by atoms with Crippen LogP contribution >= 0.6 is 15.9 Å². The third-order valence-electron chi connectivity index (χ3n) is 3.12. The van der Waals surface area contributed by atoms with E-state index in [0.29, 0.717) is 17.3 Å². The molecule has 1 aromatic rings. The van der Waals surface area contributed by atoms with Crippen molar-refractivity contribution in [2.75, 3.05) is 5.32 Å². The molecule has 0 unspecified atom stereocenters. The van der Waals surface area contributed by atoms with Crippen LogP contribution in [0.3, 0.4) is 0 Å². The predicted octanol–water partition coefficient (Wildman–Crippen LogP) is 2.55. The van der Waals surface area contributed by atoms with Crippen LogP contribution in [0.25, 0.3) is 0 Å². The Balaban J connectivity index is 2.33. The highest BCUT2D eigenvalue weighted by Crippen LogP contribution is 2.38. The van der Waals surface area contributed by atoms with E-state index in [9.17, 15) is 15.2 Å². The van der Waals surface area contributed by atoms with Gasteiger partial charge >= 0.3 is 0 Å². The predicted molar refractivity (Wildman–Crippen MR) is 72.8 cm³/mol. The summed E-state index contributed by atoms with van der Waals surface area (Å²) in [5.74, 6) is 0. The molecule has 0 radical (unpaired) electrons. The maximum atomic E-state index is 11.0. The topological polar surface area (TPSA) is 99.2 Å². The quantitative estimate of drug-likeness (QED) is 0.657. The summed E-state index contributed by atoms with van der Waals surface area (Å²) in [5, 5.41) is 32.8. The average Bonchev–Trinajstić information content (AvgIpc) is 2.27. The summed E-state index contributed by atoms with van der Waals surface area (Å²) in [4.78, 5) is 10.5. The van der Waals surface area contributed by atoms with Gasteiger partial charge in [-0.05, 0) is 25.8 Å². The first kappa shape index (κ1) is 13.8. The molecule has 7 heteroatoms. The van der Waals surface area contributed by atoms with Crippen LogP contribution in [-0.2, 0) is 0 Å². The zero-order valence-electron chi connectivity index (χ0n) is 10.2. The second kappa shape index (κ2) is 4.79. The number of rotatable bonds is 3.